The van der Waals surface area contributed by atoms with E-state index in [1.165, 1.54) is 48.9 Å². The molecule has 0 aliphatic carbocycles. The van der Waals surface area contributed by atoms with Gasteiger partial charge < -0.3 is 4.90 Å². The SMILES string of the molecule is CC(c1ccc(F)c(F)c1)N(C)C(=O)c1cnc2c(c1)c(=O)n(C)c(=O)n2C. The number of fused-ring (bicyclic) bond motifs is 1. The van der Waals surface area contributed by atoms with Crippen LogP contribution in [0.2, 0.25) is 0 Å². The number of aromatic nitrogens is 3. The van der Waals surface area contributed by atoms with E-state index in [2.05, 4.69) is 4.98 Å². The normalized spacial score (nSPS) is 12.2. The van der Waals surface area contributed by atoms with Crippen LogP contribution in [-0.2, 0) is 14.1 Å². The number of aryl methyl sites for hydroxylation is 1. The summed E-state index contributed by atoms with van der Waals surface area (Å²) in [5.74, 6) is -2.42. The van der Waals surface area contributed by atoms with E-state index in [1.54, 1.807) is 6.92 Å². The lowest BCUT2D eigenvalue weighted by Crippen LogP contribution is -2.37. The fourth-order valence-electron chi connectivity index (χ4n) is 2.96. The van der Waals surface area contributed by atoms with E-state index in [0.29, 0.717) is 5.56 Å². The number of benzene rings is 1. The predicted molar refractivity (Wildman–Crippen MR) is 99.1 cm³/mol. The molecule has 9 heteroatoms. The van der Waals surface area contributed by atoms with Gasteiger partial charge in [0.15, 0.2) is 11.6 Å². The van der Waals surface area contributed by atoms with Crippen molar-refractivity contribution >= 4 is 16.9 Å². The number of rotatable bonds is 3. The molecule has 1 aromatic carbocycles. The van der Waals surface area contributed by atoms with Crippen LogP contribution in [0.25, 0.3) is 11.0 Å². The van der Waals surface area contributed by atoms with E-state index in [1.807, 2.05) is 0 Å². The molecule has 2 heterocycles. The van der Waals surface area contributed by atoms with Gasteiger partial charge in [0.25, 0.3) is 11.5 Å². The monoisotopic (exact) mass is 388 g/mol. The second kappa shape index (κ2) is 6.99. The number of amides is 1. The molecule has 0 saturated heterocycles. The maximum atomic E-state index is 13.5. The fraction of sp³-hybridized carbons (Fsp3) is 0.263. The summed E-state index contributed by atoms with van der Waals surface area (Å²) in [6.07, 6.45) is 1.28. The van der Waals surface area contributed by atoms with Crippen LogP contribution in [-0.4, -0.2) is 32.0 Å². The summed E-state index contributed by atoms with van der Waals surface area (Å²) in [6.45, 7) is 1.67. The van der Waals surface area contributed by atoms with Crippen LogP contribution in [0.3, 0.4) is 0 Å². The summed E-state index contributed by atoms with van der Waals surface area (Å²) in [5.41, 5.74) is -0.354. The Bertz CT molecular complexity index is 1220. The minimum Gasteiger partial charge on any atom is -0.335 e. The first-order chi connectivity index (χ1) is 13.1. The molecular weight excluding hydrogens is 370 g/mol. The first kappa shape index (κ1) is 19.4. The van der Waals surface area contributed by atoms with Crippen LogP contribution < -0.4 is 11.2 Å². The lowest BCUT2D eigenvalue weighted by Gasteiger charge is -2.25. The van der Waals surface area contributed by atoms with Gasteiger partial charge in [-0.05, 0) is 30.7 Å². The van der Waals surface area contributed by atoms with Crippen molar-refractivity contribution in [3.05, 3.63) is 74.1 Å². The Morgan fingerprint density at radius 2 is 1.79 bits per heavy atom. The number of hydrogen-bond donors (Lipinski definition) is 0. The molecule has 146 valence electrons. The number of halogens is 2. The second-order valence-corrected chi connectivity index (χ2v) is 6.57. The van der Waals surface area contributed by atoms with Crippen LogP contribution in [0.5, 0.6) is 0 Å². The smallest absolute Gasteiger partial charge is 0.332 e. The first-order valence-corrected chi connectivity index (χ1v) is 8.41. The van der Waals surface area contributed by atoms with E-state index >= 15 is 0 Å². The van der Waals surface area contributed by atoms with E-state index in [-0.39, 0.29) is 16.6 Å². The van der Waals surface area contributed by atoms with Gasteiger partial charge in [-0.3, -0.25) is 18.7 Å². The molecule has 7 nitrogen and oxygen atoms in total. The number of carbonyl (C=O) groups excluding carboxylic acids is 1. The maximum Gasteiger partial charge on any atom is 0.332 e. The summed E-state index contributed by atoms with van der Waals surface area (Å²) in [5, 5.41) is 0.129. The third-order valence-electron chi connectivity index (χ3n) is 4.87. The number of nitrogens with zero attached hydrogens (tertiary/aromatic N) is 4. The predicted octanol–water partition coefficient (Wildman–Crippen LogP) is 1.74. The van der Waals surface area contributed by atoms with Crippen molar-refractivity contribution in [2.45, 2.75) is 13.0 Å². The summed E-state index contributed by atoms with van der Waals surface area (Å²) in [6, 6.07) is 4.26. The van der Waals surface area contributed by atoms with Gasteiger partial charge in [0.2, 0.25) is 0 Å². The third kappa shape index (κ3) is 3.08. The molecule has 28 heavy (non-hydrogen) atoms. The Morgan fingerprint density at radius 1 is 1.11 bits per heavy atom. The summed E-state index contributed by atoms with van der Waals surface area (Å²) in [4.78, 5) is 42.6. The highest BCUT2D eigenvalue weighted by Gasteiger charge is 2.21. The second-order valence-electron chi connectivity index (χ2n) is 6.57. The van der Waals surface area contributed by atoms with Crippen molar-refractivity contribution in [3.8, 4) is 0 Å². The standard InChI is InChI=1S/C19H18F2N4O3/c1-10(11-5-6-14(20)15(21)8-11)23(2)17(26)12-7-13-16(22-9-12)24(3)19(28)25(4)18(13)27/h5-10H,1-4H3. The quantitative estimate of drug-likeness (QED) is 0.685. The zero-order valence-corrected chi connectivity index (χ0v) is 15.7. The number of hydrogen-bond acceptors (Lipinski definition) is 4. The summed E-state index contributed by atoms with van der Waals surface area (Å²) >= 11 is 0. The number of carbonyl (C=O) groups is 1. The Morgan fingerprint density at radius 3 is 2.43 bits per heavy atom. The van der Waals surface area contributed by atoms with E-state index in [4.69, 9.17) is 0 Å². The van der Waals surface area contributed by atoms with Gasteiger partial charge in [0.1, 0.15) is 5.65 Å². The van der Waals surface area contributed by atoms with E-state index < -0.39 is 34.8 Å². The minimum atomic E-state index is -0.998. The van der Waals surface area contributed by atoms with Crippen molar-refractivity contribution in [1.29, 1.82) is 0 Å². The van der Waals surface area contributed by atoms with Crippen molar-refractivity contribution < 1.29 is 13.6 Å². The highest BCUT2D eigenvalue weighted by molar-refractivity contribution is 5.96. The van der Waals surface area contributed by atoms with Gasteiger partial charge in [0.05, 0.1) is 17.0 Å². The molecule has 0 aliphatic heterocycles. The highest BCUT2D eigenvalue weighted by Crippen LogP contribution is 2.23. The summed E-state index contributed by atoms with van der Waals surface area (Å²) < 4.78 is 28.8. The average Bonchev–Trinajstić information content (AvgIpc) is 2.70. The molecule has 0 saturated carbocycles. The Labute approximate surface area is 158 Å². The molecule has 0 spiro atoms. The third-order valence-corrected chi connectivity index (χ3v) is 4.87. The van der Waals surface area contributed by atoms with Crippen molar-refractivity contribution in [2.75, 3.05) is 7.05 Å². The molecule has 1 atom stereocenters. The molecule has 1 unspecified atom stereocenters. The van der Waals surface area contributed by atoms with Gasteiger partial charge in [-0.15, -0.1) is 0 Å². The lowest BCUT2D eigenvalue weighted by molar-refractivity contribution is 0.0742. The maximum absolute atomic E-state index is 13.5. The van der Waals surface area contributed by atoms with Gasteiger partial charge in [0, 0.05) is 27.3 Å². The largest absolute Gasteiger partial charge is 0.335 e. The average molecular weight is 388 g/mol. The molecule has 3 aromatic rings. The Hall–Kier alpha value is -3.36. The Balaban J connectivity index is 2.01. The van der Waals surface area contributed by atoms with Gasteiger partial charge >= 0.3 is 5.69 Å². The van der Waals surface area contributed by atoms with E-state index in [0.717, 1.165) is 16.7 Å². The molecule has 2 aromatic heterocycles. The summed E-state index contributed by atoms with van der Waals surface area (Å²) in [7, 11) is 4.34. The van der Waals surface area contributed by atoms with Gasteiger partial charge in [-0.1, -0.05) is 6.07 Å². The van der Waals surface area contributed by atoms with Gasteiger partial charge in [-0.25, -0.2) is 18.6 Å². The van der Waals surface area contributed by atoms with Crippen LogP contribution in [0, 0.1) is 11.6 Å². The molecule has 0 bridgehead atoms. The number of pyridine rings is 1. The molecule has 1 amide bonds. The van der Waals surface area contributed by atoms with Crippen LogP contribution >= 0.6 is 0 Å². The molecule has 0 aliphatic rings. The van der Waals surface area contributed by atoms with Crippen LogP contribution in [0.4, 0.5) is 8.78 Å². The molecule has 0 fully saturated rings. The van der Waals surface area contributed by atoms with Crippen molar-refractivity contribution in [2.24, 2.45) is 14.1 Å². The van der Waals surface area contributed by atoms with Gasteiger partial charge in [-0.2, -0.15) is 0 Å². The van der Waals surface area contributed by atoms with Crippen molar-refractivity contribution in [1.82, 2.24) is 19.0 Å². The Kier molecular flexibility index (Phi) is 4.84. The zero-order valence-electron chi connectivity index (χ0n) is 15.7. The first-order valence-electron chi connectivity index (χ1n) is 8.41. The molecular formula is C19H18F2N4O3. The topological polar surface area (TPSA) is 77.2 Å². The van der Waals surface area contributed by atoms with E-state index in [9.17, 15) is 23.2 Å². The highest BCUT2D eigenvalue weighted by atomic mass is 19.2. The minimum absolute atomic E-state index is 0.129. The lowest BCUT2D eigenvalue weighted by atomic mass is 10.1. The van der Waals surface area contributed by atoms with Crippen LogP contribution in [0.15, 0.2) is 40.1 Å². The zero-order chi connectivity index (χ0) is 20.7. The molecule has 0 radical (unpaired) electrons. The fourth-order valence-corrected chi connectivity index (χ4v) is 2.96. The molecule has 3 rings (SSSR count). The van der Waals surface area contributed by atoms with Crippen LogP contribution in [0.1, 0.15) is 28.9 Å². The van der Waals surface area contributed by atoms with Crippen molar-refractivity contribution in [3.63, 3.8) is 0 Å². The molecule has 0 N–H and O–H groups in total.